The van der Waals surface area contributed by atoms with E-state index in [9.17, 15) is 27.6 Å². The average Bonchev–Trinajstić information content (AvgIpc) is 3.09. The highest BCUT2D eigenvalue weighted by Gasteiger charge is 2.44. The number of anilines is 1. The molecule has 0 aliphatic carbocycles. The number of rotatable bonds is 4. The van der Waals surface area contributed by atoms with E-state index >= 15 is 0 Å². The van der Waals surface area contributed by atoms with Crippen molar-refractivity contribution < 1.29 is 22.7 Å². The van der Waals surface area contributed by atoms with Crippen LogP contribution in [0.15, 0.2) is 9.59 Å². The lowest BCUT2D eigenvalue weighted by atomic mass is 10.3. The Morgan fingerprint density at radius 3 is 2.62 bits per heavy atom. The molecule has 174 valence electrons. The first kappa shape index (κ1) is 23.4. The van der Waals surface area contributed by atoms with E-state index in [1.54, 1.807) is 20.8 Å². The van der Waals surface area contributed by atoms with Crippen molar-refractivity contribution in [3.05, 3.63) is 20.8 Å². The maximum atomic E-state index is 13.2. The second kappa shape index (κ2) is 8.70. The van der Waals surface area contributed by atoms with Crippen molar-refractivity contribution in [3.63, 3.8) is 0 Å². The quantitative estimate of drug-likeness (QED) is 0.523. The molecule has 32 heavy (non-hydrogen) atoms. The fourth-order valence-corrected chi connectivity index (χ4v) is 3.51. The molecule has 0 radical (unpaired) electrons. The highest BCUT2D eigenvalue weighted by molar-refractivity contribution is 5.77. The van der Waals surface area contributed by atoms with E-state index in [4.69, 9.17) is 0 Å². The number of hydrogen-bond donors (Lipinski definition) is 1. The van der Waals surface area contributed by atoms with Gasteiger partial charge in [-0.15, -0.1) is 5.92 Å². The Balaban J connectivity index is 2.24. The summed E-state index contributed by atoms with van der Waals surface area (Å²) in [5, 5.41) is 2.87. The van der Waals surface area contributed by atoms with Gasteiger partial charge in [0.25, 0.3) is 5.56 Å². The Hall–Kier alpha value is -3.27. The molecule has 2 aromatic rings. The van der Waals surface area contributed by atoms with Gasteiger partial charge in [0.05, 0.1) is 13.1 Å². The summed E-state index contributed by atoms with van der Waals surface area (Å²) in [6.07, 6.45) is -6.49. The number of fused-ring (bicyclic) bond motifs is 1. The number of hydrogen-bond acceptors (Lipinski definition) is 7. The largest absolute Gasteiger partial charge is 0.491 e. The minimum atomic E-state index is -5.16. The molecule has 2 aromatic heterocycles. The lowest BCUT2D eigenvalue weighted by Gasteiger charge is -2.36. The van der Waals surface area contributed by atoms with E-state index < -0.39 is 35.7 Å². The molecule has 10 nitrogen and oxygen atoms in total. The number of esters is 1. The smallest absolute Gasteiger partial charge is 0.433 e. The van der Waals surface area contributed by atoms with Gasteiger partial charge in [-0.05, 0) is 20.8 Å². The number of carbonyl (C=O) groups excluding carboxylic acids is 1. The number of piperazine rings is 1. The van der Waals surface area contributed by atoms with E-state index in [0.717, 1.165) is 4.57 Å². The fraction of sp³-hybridized carbons (Fsp3) is 0.579. The van der Waals surface area contributed by atoms with Crippen LogP contribution in [0.1, 0.15) is 26.8 Å². The van der Waals surface area contributed by atoms with Crippen LogP contribution in [0.2, 0.25) is 0 Å². The van der Waals surface area contributed by atoms with Crippen molar-refractivity contribution in [3.8, 4) is 11.8 Å². The minimum Gasteiger partial charge on any atom is -0.433 e. The predicted octanol–water partition coefficient (Wildman–Crippen LogP) is 0.342. The van der Waals surface area contributed by atoms with E-state index in [0.29, 0.717) is 6.54 Å². The number of carbonyl (C=O) groups is 1. The molecule has 1 atom stereocenters. The van der Waals surface area contributed by atoms with Crippen LogP contribution < -0.4 is 21.5 Å². The van der Waals surface area contributed by atoms with Crippen LogP contribution in [0.5, 0.6) is 0 Å². The molecule has 0 bridgehead atoms. The van der Waals surface area contributed by atoms with Crippen LogP contribution in [0, 0.1) is 11.8 Å². The summed E-state index contributed by atoms with van der Waals surface area (Å²) >= 11 is 0. The van der Waals surface area contributed by atoms with Gasteiger partial charge in [0.2, 0.25) is 5.95 Å². The first-order chi connectivity index (χ1) is 15.0. The number of imidazole rings is 1. The van der Waals surface area contributed by atoms with Crippen molar-refractivity contribution in [2.75, 3.05) is 24.5 Å². The van der Waals surface area contributed by atoms with Gasteiger partial charge in [-0.1, -0.05) is 5.92 Å². The predicted molar refractivity (Wildman–Crippen MR) is 109 cm³/mol. The van der Waals surface area contributed by atoms with Gasteiger partial charge in [0.15, 0.2) is 17.4 Å². The molecule has 3 rings (SSSR count). The molecule has 1 aliphatic rings. The average molecular weight is 456 g/mol. The molecule has 0 spiro atoms. The SMILES string of the molecule is CC#CCn1c(N2CCNCC2OC(=O)C(F)(F)F)nc2c1c(=O)n(C(C)C)c(=O)n2C. The molecular formula is C19H23F3N6O4. The van der Waals surface area contributed by atoms with Crippen LogP contribution in [0.25, 0.3) is 11.2 Å². The van der Waals surface area contributed by atoms with Crippen LogP contribution in [-0.2, 0) is 23.1 Å². The van der Waals surface area contributed by atoms with Crippen molar-refractivity contribution in [2.45, 2.75) is 45.8 Å². The summed E-state index contributed by atoms with van der Waals surface area (Å²) in [5.41, 5.74) is -1.02. The highest BCUT2D eigenvalue weighted by Crippen LogP contribution is 2.25. The number of nitrogens with zero attached hydrogens (tertiary/aromatic N) is 5. The molecular weight excluding hydrogens is 433 g/mol. The zero-order valence-electron chi connectivity index (χ0n) is 18.0. The fourth-order valence-electron chi connectivity index (χ4n) is 3.51. The number of alkyl halides is 3. The summed E-state index contributed by atoms with van der Waals surface area (Å²) < 4.78 is 46.7. The van der Waals surface area contributed by atoms with Gasteiger partial charge in [-0.25, -0.2) is 9.59 Å². The molecule has 1 saturated heterocycles. The third-order valence-corrected chi connectivity index (χ3v) is 5.02. The Morgan fingerprint density at radius 2 is 2.03 bits per heavy atom. The summed E-state index contributed by atoms with van der Waals surface area (Å²) in [6.45, 7) is 5.40. The zero-order valence-corrected chi connectivity index (χ0v) is 18.0. The van der Waals surface area contributed by atoms with Crippen LogP contribution in [0.3, 0.4) is 0 Å². The first-order valence-electron chi connectivity index (χ1n) is 9.85. The highest BCUT2D eigenvalue weighted by atomic mass is 19.4. The molecule has 1 unspecified atom stereocenters. The summed E-state index contributed by atoms with van der Waals surface area (Å²) in [7, 11) is 1.45. The van der Waals surface area contributed by atoms with Gasteiger partial charge >= 0.3 is 17.8 Å². The molecule has 0 amide bonds. The lowest BCUT2D eigenvalue weighted by Crippen LogP contribution is -2.55. The van der Waals surface area contributed by atoms with Crippen molar-refractivity contribution in [1.82, 2.24) is 24.0 Å². The zero-order chi connectivity index (χ0) is 23.8. The second-order valence-corrected chi connectivity index (χ2v) is 7.46. The lowest BCUT2D eigenvalue weighted by molar-refractivity contribution is -0.205. The van der Waals surface area contributed by atoms with Crippen LogP contribution in [0.4, 0.5) is 19.1 Å². The maximum absolute atomic E-state index is 13.2. The molecule has 1 aliphatic heterocycles. The monoisotopic (exact) mass is 456 g/mol. The van der Waals surface area contributed by atoms with Gasteiger partial charge in [-0.3, -0.25) is 18.5 Å². The van der Waals surface area contributed by atoms with Crippen LogP contribution >= 0.6 is 0 Å². The molecule has 1 N–H and O–H groups in total. The standard InChI is InChI=1S/C19H23F3N6O4/c1-5-6-8-27-13-14(25(4)18(31)28(11(2)3)15(13)29)24-17(27)26-9-7-23-10-12(26)32-16(30)19(20,21)22/h11-12,23H,7-10H2,1-4H3. The Morgan fingerprint density at radius 1 is 1.34 bits per heavy atom. The minimum absolute atomic E-state index is 0.00224. The third kappa shape index (κ3) is 4.10. The van der Waals surface area contributed by atoms with Crippen molar-refractivity contribution in [1.29, 1.82) is 0 Å². The summed E-state index contributed by atoms with van der Waals surface area (Å²) in [4.78, 5) is 43.1. The van der Waals surface area contributed by atoms with E-state index in [-0.39, 0.29) is 36.7 Å². The number of ether oxygens (including phenoxy) is 1. The first-order valence-corrected chi connectivity index (χ1v) is 9.85. The summed E-state index contributed by atoms with van der Waals surface area (Å²) in [6, 6.07) is -0.436. The van der Waals surface area contributed by atoms with Crippen molar-refractivity contribution >= 4 is 23.1 Å². The molecule has 0 aromatic carbocycles. The van der Waals surface area contributed by atoms with Gasteiger partial charge in [-0.2, -0.15) is 18.2 Å². The topological polar surface area (TPSA) is 103 Å². The summed E-state index contributed by atoms with van der Waals surface area (Å²) in [5.74, 6) is 3.28. The molecule has 13 heteroatoms. The number of aromatic nitrogens is 4. The number of halogens is 3. The maximum Gasteiger partial charge on any atom is 0.491 e. The molecule has 3 heterocycles. The van der Waals surface area contributed by atoms with Gasteiger partial charge < -0.3 is 15.0 Å². The van der Waals surface area contributed by atoms with E-state index in [1.807, 2.05) is 0 Å². The third-order valence-electron chi connectivity index (χ3n) is 5.02. The molecule has 0 saturated carbocycles. The normalized spacial score (nSPS) is 16.9. The van der Waals surface area contributed by atoms with E-state index in [1.165, 1.54) is 21.1 Å². The van der Waals surface area contributed by atoms with Crippen LogP contribution in [-0.4, -0.2) is 56.7 Å². The molecule has 1 fully saturated rings. The number of nitrogens with one attached hydrogen (secondary N) is 1. The Kier molecular flexibility index (Phi) is 6.36. The number of aryl methyl sites for hydroxylation is 1. The Labute approximate surface area is 180 Å². The van der Waals surface area contributed by atoms with Gasteiger partial charge in [0, 0.05) is 26.2 Å². The van der Waals surface area contributed by atoms with Crippen molar-refractivity contribution in [2.24, 2.45) is 7.05 Å². The second-order valence-electron chi connectivity index (χ2n) is 7.46. The Bertz CT molecular complexity index is 1210. The van der Waals surface area contributed by atoms with E-state index in [2.05, 4.69) is 26.9 Å². The van der Waals surface area contributed by atoms with Gasteiger partial charge in [0.1, 0.15) is 0 Å².